The Hall–Kier alpha value is -1.06. The summed E-state index contributed by atoms with van der Waals surface area (Å²) in [5, 5.41) is 0. The van der Waals surface area contributed by atoms with Crippen LogP contribution in [0, 0.1) is 11.3 Å². The third-order valence-corrected chi connectivity index (χ3v) is 4.68. The molecule has 2 fully saturated rings. The molecule has 0 spiro atoms. The maximum absolute atomic E-state index is 12.9. The highest BCUT2D eigenvalue weighted by Gasteiger charge is 2.43. The average molecular weight is 281 g/mol. The van der Waals surface area contributed by atoms with E-state index in [1.807, 2.05) is 0 Å². The molecule has 1 unspecified atom stereocenters. The zero-order chi connectivity index (χ0) is 14.8. The first-order valence-electron chi connectivity index (χ1n) is 7.92. The molecule has 0 aromatic rings. The summed E-state index contributed by atoms with van der Waals surface area (Å²) in [6.07, 6.45) is 6.44. The molecule has 0 saturated heterocycles. The topological polar surface area (TPSA) is 46.6 Å². The van der Waals surface area contributed by atoms with Crippen molar-refractivity contribution in [3.63, 3.8) is 0 Å². The van der Waals surface area contributed by atoms with Gasteiger partial charge in [0, 0.05) is 12.0 Å². The van der Waals surface area contributed by atoms with Gasteiger partial charge < -0.3 is 9.64 Å². The van der Waals surface area contributed by atoms with E-state index in [2.05, 4.69) is 13.8 Å². The van der Waals surface area contributed by atoms with Crippen LogP contribution in [-0.2, 0) is 14.3 Å². The second-order valence-electron chi connectivity index (χ2n) is 6.79. The van der Waals surface area contributed by atoms with Crippen molar-refractivity contribution in [3.8, 4) is 0 Å². The van der Waals surface area contributed by atoms with E-state index in [9.17, 15) is 9.59 Å². The molecule has 0 radical (unpaired) electrons. The van der Waals surface area contributed by atoms with Crippen molar-refractivity contribution >= 4 is 11.9 Å². The lowest BCUT2D eigenvalue weighted by Crippen LogP contribution is -2.46. The fourth-order valence-electron chi connectivity index (χ4n) is 3.27. The maximum atomic E-state index is 12.9. The minimum absolute atomic E-state index is 0.0527. The van der Waals surface area contributed by atoms with Crippen LogP contribution >= 0.6 is 0 Å². The standard InChI is InChI=1S/C16H27NO3/c1-4-20-14(18)11-17(12-8-9-12)15(19)13-7-5-6-10-16(13,2)3/h12-13H,4-11H2,1-3H3. The Morgan fingerprint density at radius 3 is 2.45 bits per heavy atom. The summed E-state index contributed by atoms with van der Waals surface area (Å²) in [4.78, 5) is 26.4. The van der Waals surface area contributed by atoms with Crippen molar-refractivity contribution in [2.75, 3.05) is 13.2 Å². The molecule has 1 amide bonds. The van der Waals surface area contributed by atoms with E-state index in [0.717, 1.165) is 32.1 Å². The number of hydrogen-bond acceptors (Lipinski definition) is 3. The number of carbonyl (C=O) groups is 2. The third-order valence-electron chi connectivity index (χ3n) is 4.68. The lowest BCUT2D eigenvalue weighted by Gasteiger charge is -2.40. The lowest BCUT2D eigenvalue weighted by molar-refractivity contribution is -0.153. The Balaban J connectivity index is 2.04. The van der Waals surface area contributed by atoms with Gasteiger partial charge in [0.25, 0.3) is 0 Å². The highest BCUT2D eigenvalue weighted by molar-refractivity contribution is 5.84. The monoisotopic (exact) mass is 281 g/mol. The molecule has 4 heteroatoms. The normalized spacial score (nSPS) is 25.1. The van der Waals surface area contributed by atoms with E-state index < -0.39 is 0 Å². The number of carbonyl (C=O) groups excluding carboxylic acids is 2. The minimum Gasteiger partial charge on any atom is -0.465 e. The molecule has 2 saturated carbocycles. The Morgan fingerprint density at radius 2 is 1.90 bits per heavy atom. The van der Waals surface area contributed by atoms with E-state index in [1.54, 1.807) is 11.8 Å². The molecule has 0 bridgehead atoms. The Morgan fingerprint density at radius 1 is 1.20 bits per heavy atom. The van der Waals surface area contributed by atoms with E-state index in [1.165, 1.54) is 6.42 Å². The Kier molecular flexibility index (Phi) is 4.71. The summed E-state index contributed by atoms with van der Waals surface area (Å²) < 4.78 is 5.01. The molecule has 114 valence electrons. The molecular weight excluding hydrogens is 254 g/mol. The fraction of sp³-hybridized carbons (Fsp3) is 0.875. The molecule has 4 nitrogen and oxygen atoms in total. The van der Waals surface area contributed by atoms with Gasteiger partial charge in [0.1, 0.15) is 6.54 Å². The molecule has 0 aromatic heterocycles. The van der Waals surface area contributed by atoms with Crippen molar-refractivity contribution in [2.45, 2.75) is 65.3 Å². The van der Waals surface area contributed by atoms with Crippen molar-refractivity contribution in [1.82, 2.24) is 4.90 Å². The summed E-state index contributed by atoms with van der Waals surface area (Å²) in [5.74, 6) is -0.0436. The zero-order valence-corrected chi connectivity index (χ0v) is 13.0. The van der Waals surface area contributed by atoms with Crippen LogP contribution in [0.1, 0.15) is 59.3 Å². The highest BCUT2D eigenvalue weighted by Crippen LogP contribution is 2.42. The predicted octanol–water partition coefficient (Wildman–Crippen LogP) is 2.76. The number of amides is 1. The van der Waals surface area contributed by atoms with Gasteiger partial charge >= 0.3 is 5.97 Å². The van der Waals surface area contributed by atoms with Crippen LogP contribution in [0.25, 0.3) is 0 Å². The molecule has 2 aliphatic rings. The smallest absolute Gasteiger partial charge is 0.325 e. The van der Waals surface area contributed by atoms with Gasteiger partial charge in [-0.1, -0.05) is 26.7 Å². The first-order chi connectivity index (χ1) is 9.45. The van der Waals surface area contributed by atoms with E-state index in [-0.39, 0.29) is 35.8 Å². The van der Waals surface area contributed by atoms with Crippen molar-refractivity contribution in [2.24, 2.45) is 11.3 Å². The van der Waals surface area contributed by atoms with Gasteiger partial charge in [0.2, 0.25) is 5.91 Å². The van der Waals surface area contributed by atoms with Crippen molar-refractivity contribution < 1.29 is 14.3 Å². The molecule has 0 aliphatic heterocycles. The summed E-state index contributed by atoms with van der Waals surface area (Å²) in [5.41, 5.74) is 0.0527. The first-order valence-corrected chi connectivity index (χ1v) is 7.92. The molecule has 0 N–H and O–H groups in total. The summed E-state index contributed by atoms with van der Waals surface area (Å²) in [7, 11) is 0. The third kappa shape index (κ3) is 3.53. The predicted molar refractivity (Wildman–Crippen MR) is 77.1 cm³/mol. The quantitative estimate of drug-likeness (QED) is 0.728. The summed E-state index contributed by atoms with van der Waals surface area (Å²) in [6, 6.07) is 0.268. The van der Waals surface area contributed by atoms with Gasteiger partial charge in [-0.25, -0.2) is 0 Å². The van der Waals surface area contributed by atoms with E-state index in [0.29, 0.717) is 6.61 Å². The number of hydrogen-bond donors (Lipinski definition) is 0. The van der Waals surface area contributed by atoms with Crippen LogP contribution in [0.15, 0.2) is 0 Å². The molecule has 1 atom stereocenters. The van der Waals surface area contributed by atoms with Gasteiger partial charge in [-0.15, -0.1) is 0 Å². The van der Waals surface area contributed by atoms with Crippen LogP contribution in [0.4, 0.5) is 0 Å². The molecule has 2 rings (SSSR count). The van der Waals surface area contributed by atoms with Gasteiger partial charge in [-0.2, -0.15) is 0 Å². The minimum atomic E-state index is -0.277. The average Bonchev–Trinajstić information content (AvgIpc) is 3.19. The van der Waals surface area contributed by atoms with Crippen LogP contribution < -0.4 is 0 Å². The van der Waals surface area contributed by atoms with Crippen LogP contribution in [0.2, 0.25) is 0 Å². The van der Waals surface area contributed by atoms with Gasteiger partial charge in [0.05, 0.1) is 6.61 Å². The SMILES string of the molecule is CCOC(=O)CN(C(=O)C1CCCCC1(C)C)C1CC1. The molecule has 2 aliphatic carbocycles. The molecule has 20 heavy (non-hydrogen) atoms. The molecule has 0 aromatic carbocycles. The Bertz CT molecular complexity index is 374. The zero-order valence-electron chi connectivity index (χ0n) is 13.0. The second-order valence-corrected chi connectivity index (χ2v) is 6.79. The summed E-state index contributed by atoms with van der Waals surface area (Å²) in [6.45, 7) is 6.67. The number of rotatable bonds is 5. The van der Waals surface area contributed by atoms with Gasteiger partial charge in [-0.05, 0) is 38.0 Å². The number of ether oxygens (including phenoxy) is 1. The Labute approximate surface area is 121 Å². The fourth-order valence-corrected chi connectivity index (χ4v) is 3.27. The largest absolute Gasteiger partial charge is 0.465 e. The number of esters is 1. The number of nitrogens with zero attached hydrogens (tertiary/aromatic N) is 1. The van der Waals surface area contributed by atoms with E-state index >= 15 is 0 Å². The molecular formula is C16H27NO3. The van der Waals surface area contributed by atoms with Gasteiger partial charge in [-0.3, -0.25) is 9.59 Å². The van der Waals surface area contributed by atoms with Crippen LogP contribution in [0.3, 0.4) is 0 Å². The molecule has 0 heterocycles. The van der Waals surface area contributed by atoms with Crippen LogP contribution in [-0.4, -0.2) is 36.0 Å². The van der Waals surface area contributed by atoms with Gasteiger partial charge in [0.15, 0.2) is 0 Å². The van der Waals surface area contributed by atoms with E-state index in [4.69, 9.17) is 4.74 Å². The summed E-state index contributed by atoms with van der Waals surface area (Å²) >= 11 is 0. The lowest BCUT2D eigenvalue weighted by atomic mass is 9.68. The van der Waals surface area contributed by atoms with Crippen molar-refractivity contribution in [3.05, 3.63) is 0 Å². The van der Waals surface area contributed by atoms with Crippen molar-refractivity contribution in [1.29, 1.82) is 0 Å². The maximum Gasteiger partial charge on any atom is 0.325 e. The highest BCUT2D eigenvalue weighted by atomic mass is 16.5. The second kappa shape index (κ2) is 6.15. The first kappa shape index (κ1) is 15.3. The van der Waals surface area contributed by atoms with Crippen LogP contribution in [0.5, 0.6) is 0 Å².